The molecule has 3 rings (SSSR count). The molecule has 1 atom stereocenters. The van der Waals surface area contributed by atoms with Crippen LogP contribution in [0.4, 0.5) is 10.2 Å². The van der Waals surface area contributed by atoms with Crippen LogP contribution in [0.5, 0.6) is 0 Å². The zero-order valence-corrected chi connectivity index (χ0v) is 11.6. The highest BCUT2D eigenvalue weighted by atomic mass is 35.5. The summed E-state index contributed by atoms with van der Waals surface area (Å²) in [5.41, 5.74) is 7.71. The van der Waals surface area contributed by atoms with E-state index in [1.54, 1.807) is 12.1 Å². The van der Waals surface area contributed by atoms with Crippen LogP contribution in [0, 0.1) is 5.82 Å². The molecule has 4 nitrogen and oxygen atoms in total. The normalized spacial score (nSPS) is 19.2. The molecule has 0 aliphatic carbocycles. The number of hydrogen-bond donors (Lipinski definition) is 2. The molecule has 1 aromatic carbocycles. The molecule has 1 aromatic heterocycles. The van der Waals surface area contributed by atoms with Crippen molar-refractivity contribution in [3.63, 3.8) is 0 Å². The topological polar surface area (TPSA) is 63.9 Å². The third kappa shape index (κ3) is 2.27. The van der Waals surface area contributed by atoms with Gasteiger partial charge >= 0.3 is 0 Å². The van der Waals surface area contributed by atoms with Gasteiger partial charge in [-0.05, 0) is 18.9 Å². The van der Waals surface area contributed by atoms with E-state index in [9.17, 15) is 4.39 Å². The van der Waals surface area contributed by atoms with Crippen molar-refractivity contribution < 1.29 is 9.13 Å². The maximum absolute atomic E-state index is 14.2. The van der Waals surface area contributed by atoms with Crippen LogP contribution in [0.1, 0.15) is 24.5 Å². The second kappa shape index (κ2) is 5.42. The van der Waals surface area contributed by atoms with Gasteiger partial charge in [0.2, 0.25) is 0 Å². The van der Waals surface area contributed by atoms with Crippen molar-refractivity contribution in [3.8, 4) is 11.1 Å². The molecule has 1 fully saturated rings. The molecule has 0 radical (unpaired) electrons. The highest BCUT2D eigenvalue weighted by molar-refractivity contribution is 6.31. The third-order valence-electron chi connectivity index (χ3n) is 3.61. The van der Waals surface area contributed by atoms with Crippen molar-refractivity contribution >= 4 is 17.4 Å². The Bertz CT molecular complexity index is 623. The lowest BCUT2D eigenvalue weighted by Crippen LogP contribution is -2.16. The Labute approximate surface area is 121 Å². The van der Waals surface area contributed by atoms with Crippen LogP contribution in [-0.2, 0) is 4.74 Å². The van der Waals surface area contributed by atoms with E-state index in [1.807, 2.05) is 0 Å². The highest BCUT2D eigenvalue weighted by Gasteiger charge is 2.25. The first-order valence-corrected chi connectivity index (χ1v) is 6.92. The number of nitrogens with one attached hydrogen (secondary N) is 1. The van der Waals surface area contributed by atoms with E-state index in [1.165, 1.54) is 6.07 Å². The van der Waals surface area contributed by atoms with E-state index in [4.69, 9.17) is 22.1 Å². The molecule has 1 aliphatic rings. The number of rotatable bonds is 2. The first-order chi connectivity index (χ1) is 9.68. The smallest absolute Gasteiger partial charge is 0.153 e. The van der Waals surface area contributed by atoms with Crippen molar-refractivity contribution in [3.05, 3.63) is 34.7 Å². The Kier molecular flexibility index (Phi) is 3.63. The van der Waals surface area contributed by atoms with Gasteiger partial charge in [0, 0.05) is 23.7 Å². The summed E-state index contributed by atoms with van der Waals surface area (Å²) < 4.78 is 19.7. The first-order valence-electron chi connectivity index (χ1n) is 6.54. The summed E-state index contributed by atoms with van der Waals surface area (Å²) in [5, 5.41) is 7.03. The van der Waals surface area contributed by atoms with E-state index >= 15 is 0 Å². The Morgan fingerprint density at radius 2 is 2.30 bits per heavy atom. The van der Waals surface area contributed by atoms with E-state index < -0.39 is 5.82 Å². The van der Waals surface area contributed by atoms with Crippen LogP contribution in [0.15, 0.2) is 18.2 Å². The molecule has 20 heavy (non-hydrogen) atoms. The summed E-state index contributed by atoms with van der Waals surface area (Å²) in [4.78, 5) is 0. The molecule has 0 saturated carbocycles. The predicted octanol–water partition coefficient (Wildman–Crippen LogP) is 3.35. The van der Waals surface area contributed by atoms with Gasteiger partial charge < -0.3 is 10.5 Å². The molecule has 0 bridgehead atoms. The van der Waals surface area contributed by atoms with Gasteiger partial charge in [0.15, 0.2) is 5.82 Å². The number of nitrogens with two attached hydrogens (primary N) is 1. The zero-order valence-electron chi connectivity index (χ0n) is 10.8. The van der Waals surface area contributed by atoms with Gasteiger partial charge in [-0.15, -0.1) is 0 Å². The monoisotopic (exact) mass is 295 g/mol. The largest absolute Gasteiger partial charge is 0.382 e. The first kappa shape index (κ1) is 13.4. The van der Waals surface area contributed by atoms with Crippen molar-refractivity contribution in [1.29, 1.82) is 0 Å². The Hall–Kier alpha value is -1.59. The SMILES string of the molecule is Nc1n[nH]c(C2CCCOC2)c1-c1cccc(Cl)c1F. The molecule has 2 heterocycles. The molecule has 1 aliphatic heterocycles. The van der Waals surface area contributed by atoms with Gasteiger partial charge in [-0.2, -0.15) is 5.10 Å². The van der Waals surface area contributed by atoms with Crippen LogP contribution >= 0.6 is 11.6 Å². The molecule has 0 amide bonds. The standard InChI is InChI=1S/C14H15ClFN3O/c15-10-5-1-4-9(12(10)16)11-13(18-19-14(11)17)8-3-2-6-20-7-8/h1,4-5,8H,2-3,6-7H2,(H3,17,18,19). The van der Waals surface area contributed by atoms with Crippen LogP contribution in [-0.4, -0.2) is 23.4 Å². The highest BCUT2D eigenvalue weighted by Crippen LogP contribution is 2.38. The van der Waals surface area contributed by atoms with Crippen LogP contribution in [0.3, 0.4) is 0 Å². The fourth-order valence-corrected chi connectivity index (χ4v) is 2.79. The molecule has 1 saturated heterocycles. The quantitative estimate of drug-likeness (QED) is 0.893. The average molecular weight is 296 g/mol. The fraction of sp³-hybridized carbons (Fsp3) is 0.357. The number of benzene rings is 1. The fourth-order valence-electron chi connectivity index (χ4n) is 2.61. The molecular formula is C14H15ClFN3O. The number of ether oxygens (including phenoxy) is 1. The van der Waals surface area contributed by atoms with Gasteiger partial charge in [0.25, 0.3) is 0 Å². The molecule has 3 N–H and O–H groups in total. The molecule has 2 aromatic rings. The number of aromatic nitrogens is 2. The van der Waals surface area contributed by atoms with E-state index in [0.717, 1.165) is 25.1 Å². The minimum absolute atomic E-state index is 0.0777. The van der Waals surface area contributed by atoms with Gasteiger partial charge in [-0.1, -0.05) is 23.7 Å². The number of aromatic amines is 1. The van der Waals surface area contributed by atoms with Gasteiger partial charge in [0.1, 0.15) is 5.82 Å². The van der Waals surface area contributed by atoms with Crippen molar-refractivity contribution in [2.24, 2.45) is 0 Å². The summed E-state index contributed by atoms with van der Waals surface area (Å²) in [6, 6.07) is 4.88. The summed E-state index contributed by atoms with van der Waals surface area (Å²) >= 11 is 5.85. The minimum Gasteiger partial charge on any atom is -0.382 e. The number of halogens is 2. The van der Waals surface area contributed by atoms with Crippen molar-refractivity contribution in [2.45, 2.75) is 18.8 Å². The lowest BCUT2D eigenvalue weighted by atomic mass is 9.92. The number of nitrogens with zero attached hydrogens (tertiary/aromatic N) is 1. The summed E-state index contributed by atoms with van der Waals surface area (Å²) in [7, 11) is 0. The average Bonchev–Trinajstić information content (AvgIpc) is 2.85. The third-order valence-corrected chi connectivity index (χ3v) is 3.90. The molecule has 6 heteroatoms. The molecular weight excluding hydrogens is 281 g/mol. The van der Waals surface area contributed by atoms with E-state index in [-0.39, 0.29) is 16.8 Å². The summed E-state index contributed by atoms with van der Waals surface area (Å²) in [5.74, 6) is -0.0334. The second-order valence-corrected chi connectivity index (χ2v) is 5.32. The molecule has 0 spiro atoms. The Morgan fingerprint density at radius 3 is 3.05 bits per heavy atom. The lowest BCUT2D eigenvalue weighted by molar-refractivity contribution is 0.0794. The minimum atomic E-state index is -0.472. The van der Waals surface area contributed by atoms with Gasteiger partial charge in [0.05, 0.1) is 17.3 Å². The zero-order chi connectivity index (χ0) is 14.1. The van der Waals surface area contributed by atoms with Crippen molar-refractivity contribution in [1.82, 2.24) is 10.2 Å². The van der Waals surface area contributed by atoms with Crippen LogP contribution in [0.25, 0.3) is 11.1 Å². The molecule has 1 unspecified atom stereocenters. The van der Waals surface area contributed by atoms with Crippen molar-refractivity contribution in [2.75, 3.05) is 18.9 Å². The van der Waals surface area contributed by atoms with Crippen LogP contribution in [0.2, 0.25) is 5.02 Å². The number of anilines is 1. The maximum atomic E-state index is 14.2. The van der Waals surface area contributed by atoms with Gasteiger partial charge in [-0.25, -0.2) is 4.39 Å². The van der Waals surface area contributed by atoms with Crippen LogP contribution < -0.4 is 5.73 Å². The van der Waals surface area contributed by atoms with E-state index in [0.29, 0.717) is 17.7 Å². The summed E-state index contributed by atoms with van der Waals surface area (Å²) in [6.45, 7) is 1.36. The van der Waals surface area contributed by atoms with E-state index in [2.05, 4.69) is 10.2 Å². The van der Waals surface area contributed by atoms with Gasteiger partial charge in [-0.3, -0.25) is 5.10 Å². The number of H-pyrrole nitrogens is 1. The maximum Gasteiger partial charge on any atom is 0.153 e. The lowest BCUT2D eigenvalue weighted by Gasteiger charge is -2.22. The number of nitrogen functional groups attached to an aromatic ring is 1. The Morgan fingerprint density at radius 1 is 1.45 bits per heavy atom. The number of hydrogen-bond acceptors (Lipinski definition) is 3. The molecule has 106 valence electrons. The summed E-state index contributed by atoms with van der Waals surface area (Å²) in [6.07, 6.45) is 1.94. The second-order valence-electron chi connectivity index (χ2n) is 4.91. The Balaban J connectivity index is 2.09. The predicted molar refractivity (Wildman–Crippen MR) is 76.2 cm³/mol.